The molecule has 26 heavy (non-hydrogen) atoms. The van der Waals surface area contributed by atoms with Gasteiger partial charge in [0.05, 0.1) is 12.0 Å². The molecule has 0 bridgehead atoms. The average molecular weight is 351 g/mol. The van der Waals surface area contributed by atoms with Crippen LogP contribution in [0.4, 0.5) is 0 Å². The first-order valence-corrected chi connectivity index (χ1v) is 8.82. The minimum absolute atomic E-state index is 0.0649. The zero-order valence-electron chi connectivity index (χ0n) is 15.6. The number of nitrogens with one attached hydrogen (secondary N) is 1. The van der Waals surface area contributed by atoms with Crippen molar-refractivity contribution in [1.82, 2.24) is 24.6 Å². The van der Waals surface area contributed by atoms with Crippen molar-refractivity contribution in [3.63, 3.8) is 0 Å². The van der Waals surface area contributed by atoms with Crippen LogP contribution in [0.15, 0.2) is 43.0 Å². The second-order valence-electron chi connectivity index (χ2n) is 6.60. The molecule has 0 saturated carbocycles. The molecule has 1 N–H and O–H groups in total. The molecule has 3 aromatic rings. The predicted molar refractivity (Wildman–Crippen MR) is 101 cm³/mol. The maximum absolute atomic E-state index is 12.1. The van der Waals surface area contributed by atoms with Gasteiger partial charge in [0, 0.05) is 44.6 Å². The van der Waals surface area contributed by atoms with E-state index >= 15 is 0 Å². The average Bonchev–Trinajstić information content (AvgIpc) is 3.21. The number of hydrogen-bond acceptors (Lipinski definition) is 3. The molecular formula is C20H25N5O. The molecule has 2 heterocycles. The van der Waals surface area contributed by atoms with E-state index in [1.54, 1.807) is 12.5 Å². The first-order chi connectivity index (χ1) is 12.5. The Hall–Kier alpha value is -2.89. The lowest BCUT2D eigenvalue weighted by molar-refractivity contribution is -0.121. The normalized spacial score (nSPS) is 10.9. The highest BCUT2D eigenvalue weighted by Crippen LogP contribution is 2.14. The van der Waals surface area contributed by atoms with Gasteiger partial charge in [0.1, 0.15) is 0 Å². The smallest absolute Gasteiger partial charge is 0.220 e. The number of aryl methyl sites for hydroxylation is 2. The van der Waals surface area contributed by atoms with E-state index in [-0.39, 0.29) is 5.91 Å². The van der Waals surface area contributed by atoms with E-state index in [0.29, 0.717) is 13.0 Å². The van der Waals surface area contributed by atoms with E-state index in [1.807, 2.05) is 36.3 Å². The van der Waals surface area contributed by atoms with Crippen LogP contribution in [-0.4, -0.2) is 25.2 Å². The molecule has 0 atom stereocenters. The summed E-state index contributed by atoms with van der Waals surface area (Å²) in [5.74, 6) is 0.0649. The van der Waals surface area contributed by atoms with Gasteiger partial charge in [-0.25, -0.2) is 4.98 Å². The van der Waals surface area contributed by atoms with Crippen molar-refractivity contribution >= 4 is 5.91 Å². The van der Waals surface area contributed by atoms with Gasteiger partial charge in [-0.15, -0.1) is 0 Å². The van der Waals surface area contributed by atoms with E-state index in [4.69, 9.17) is 0 Å². The molecular weight excluding hydrogens is 326 g/mol. The van der Waals surface area contributed by atoms with Gasteiger partial charge in [-0.05, 0) is 37.0 Å². The summed E-state index contributed by atoms with van der Waals surface area (Å²) in [6, 6.07) is 8.29. The van der Waals surface area contributed by atoms with Gasteiger partial charge in [-0.3, -0.25) is 9.48 Å². The number of hydrogen-bond donors (Lipinski definition) is 1. The van der Waals surface area contributed by atoms with Gasteiger partial charge < -0.3 is 9.88 Å². The Balaban J connectivity index is 1.46. The molecule has 6 nitrogen and oxygen atoms in total. The molecule has 0 spiro atoms. The summed E-state index contributed by atoms with van der Waals surface area (Å²) in [6.45, 7) is 5.38. The summed E-state index contributed by atoms with van der Waals surface area (Å²) < 4.78 is 3.90. The lowest BCUT2D eigenvalue weighted by Gasteiger charge is -2.08. The number of benzene rings is 1. The SMILES string of the molecule is Cc1nn(C)c(C)c1CCC(=O)NCc1ccc(Cn2ccnc2)cc1. The Bertz CT molecular complexity index is 863. The molecule has 0 fully saturated rings. The third-order valence-electron chi connectivity index (χ3n) is 4.70. The molecule has 1 aromatic carbocycles. The fraction of sp³-hybridized carbons (Fsp3) is 0.350. The standard InChI is InChI=1S/C20H25N5O/c1-15-19(16(2)24(3)23-15)8-9-20(26)22-12-17-4-6-18(7-5-17)13-25-11-10-21-14-25/h4-7,10-11,14H,8-9,12-13H2,1-3H3,(H,22,26). The molecule has 0 aliphatic carbocycles. The molecule has 0 unspecified atom stereocenters. The number of carbonyl (C=O) groups is 1. The summed E-state index contributed by atoms with van der Waals surface area (Å²) in [6.07, 6.45) is 6.73. The highest BCUT2D eigenvalue weighted by atomic mass is 16.1. The van der Waals surface area contributed by atoms with Crippen LogP contribution in [0, 0.1) is 13.8 Å². The Morgan fingerprint density at radius 1 is 1.15 bits per heavy atom. The maximum atomic E-state index is 12.1. The van der Waals surface area contributed by atoms with Crippen LogP contribution in [-0.2, 0) is 31.4 Å². The molecule has 6 heteroatoms. The van der Waals surface area contributed by atoms with Crippen molar-refractivity contribution in [2.75, 3.05) is 0 Å². The lowest BCUT2D eigenvalue weighted by Crippen LogP contribution is -2.23. The molecule has 1 amide bonds. The number of carbonyl (C=O) groups excluding carboxylic acids is 1. The predicted octanol–water partition coefficient (Wildman–Crippen LogP) is 2.53. The van der Waals surface area contributed by atoms with Gasteiger partial charge in [0.2, 0.25) is 5.91 Å². The van der Waals surface area contributed by atoms with Crippen LogP contribution < -0.4 is 5.32 Å². The third kappa shape index (κ3) is 4.39. The highest BCUT2D eigenvalue weighted by Gasteiger charge is 2.11. The summed E-state index contributed by atoms with van der Waals surface area (Å²) in [4.78, 5) is 16.2. The van der Waals surface area contributed by atoms with Crippen LogP contribution in [0.3, 0.4) is 0 Å². The number of amides is 1. The second kappa shape index (κ2) is 7.99. The topological polar surface area (TPSA) is 64.7 Å². The summed E-state index contributed by atoms with van der Waals surface area (Å²) in [5, 5.41) is 7.39. The van der Waals surface area contributed by atoms with Crippen molar-refractivity contribution in [2.24, 2.45) is 7.05 Å². The van der Waals surface area contributed by atoms with E-state index in [0.717, 1.165) is 29.9 Å². The van der Waals surface area contributed by atoms with Gasteiger partial charge >= 0.3 is 0 Å². The minimum Gasteiger partial charge on any atom is -0.352 e. The largest absolute Gasteiger partial charge is 0.352 e. The first kappa shape index (κ1) is 17.9. The van der Waals surface area contributed by atoms with Gasteiger partial charge in [-0.2, -0.15) is 5.10 Å². The van der Waals surface area contributed by atoms with E-state index in [9.17, 15) is 4.79 Å². The Labute approximate surface area is 153 Å². The van der Waals surface area contributed by atoms with E-state index < -0.39 is 0 Å². The van der Waals surface area contributed by atoms with E-state index in [1.165, 1.54) is 11.1 Å². The minimum atomic E-state index is 0.0649. The molecule has 3 rings (SSSR count). The maximum Gasteiger partial charge on any atom is 0.220 e. The Morgan fingerprint density at radius 2 is 1.88 bits per heavy atom. The van der Waals surface area contributed by atoms with Gasteiger partial charge in [-0.1, -0.05) is 24.3 Å². The Kier molecular flexibility index (Phi) is 5.51. The van der Waals surface area contributed by atoms with Gasteiger partial charge in [0.25, 0.3) is 0 Å². The zero-order chi connectivity index (χ0) is 18.5. The monoisotopic (exact) mass is 351 g/mol. The third-order valence-corrected chi connectivity index (χ3v) is 4.70. The van der Waals surface area contributed by atoms with E-state index in [2.05, 4.69) is 39.7 Å². The van der Waals surface area contributed by atoms with Crippen LogP contribution >= 0.6 is 0 Å². The quantitative estimate of drug-likeness (QED) is 0.711. The summed E-state index contributed by atoms with van der Waals surface area (Å²) >= 11 is 0. The fourth-order valence-electron chi connectivity index (χ4n) is 3.06. The molecule has 0 saturated heterocycles. The number of aromatic nitrogens is 4. The van der Waals surface area contributed by atoms with Crippen molar-refractivity contribution in [2.45, 2.75) is 39.8 Å². The van der Waals surface area contributed by atoms with Gasteiger partial charge in [0.15, 0.2) is 0 Å². The van der Waals surface area contributed by atoms with Crippen molar-refractivity contribution in [1.29, 1.82) is 0 Å². The number of nitrogens with zero attached hydrogens (tertiary/aromatic N) is 4. The fourth-order valence-corrected chi connectivity index (χ4v) is 3.06. The molecule has 136 valence electrons. The molecule has 2 aromatic heterocycles. The Morgan fingerprint density at radius 3 is 2.50 bits per heavy atom. The zero-order valence-corrected chi connectivity index (χ0v) is 15.6. The molecule has 0 aliphatic heterocycles. The van der Waals surface area contributed by atoms with Crippen LogP contribution in [0.1, 0.15) is 34.5 Å². The summed E-state index contributed by atoms with van der Waals surface area (Å²) in [5.41, 5.74) is 5.61. The van der Waals surface area contributed by atoms with Crippen molar-refractivity contribution in [3.8, 4) is 0 Å². The van der Waals surface area contributed by atoms with Crippen LogP contribution in [0.2, 0.25) is 0 Å². The number of rotatable bonds is 7. The molecule has 0 aliphatic rings. The molecule has 0 radical (unpaired) electrons. The lowest BCUT2D eigenvalue weighted by atomic mass is 10.1. The van der Waals surface area contributed by atoms with Crippen molar-refractivity contribution in [3.05, 3.63) is 71.1 Å². The second-order valence-corrected chi connectivity index (χ2v) is 6.60. The van der Waals surface area contributed by atoms with Crippen LogP contribution in [0.25, 0.3) is 0 Å². The summed E-state index contributed by atoms with van der Waals surface area (Å²) in [7, 11) is 1.93. The van der Waals surface area contributed by atoms with Crippen LogP contribution in [0.5, 0.6) is 0 Å². The van der Waals surface area contributed by atoms with Crippen molar-refractivity contribution < 1.29 is 4.79 Å². The highest BCUT2D eigenvalue weighted by molar-refractivity contribution is 5.76. The first-order valence-electron chi connectivity index (χ1n) is 8.82. The number of imidazole rings is 1.